The van der Waals surface area contributed by atoms with Crippen LogP contribution in [0.25, 0.3) is 0 Å². The molecule has 2 aliphatic heterocycles. The predicted molar refractivity (Wildman–Crippen MR) is 91.4 cm³/mol. The monoisotopic (exact) mass is 342 g/mol. The zero-order valence-electron chi connectivity index (χ0n) is 13.2. The fourth-order valence-electron chi connectivity index (χ4n) is 3.18. The zero-order chi connectivity index (χ0) is 16.5. The second kappa shape index (κ2) is 6.39. The molecule has 6 nitrogen and oxygen atoms in total. The van der Waals surface area contributed by atoms with Crippen molar-refractivity contribution in [2.75, 3.05) is 11.1 Å². The molecule has 0 radical (unpaired) electrons. The van der Waals surface area contributed by atoms with Crippen LogP contribution >= 0.6 is 11.8 Å². The maximum absolute atomic E-state index is 12.5. The number of aryl methyl sites for hydroxylation is 1. The van der Waals surface area contributed by atoms with E-state index >= 15 is 0 Å². The summed E-state index contributed by atoms with van der Waals surface area (Å²) in [4.78, 5) is 23.9. The molecule has 1 aromatic carbocycles. The summed E-state index contributed by atoms with van der Waals surface area (Å²) in [5, 5.41) is 12.1. The van der Waals surface area contributed by atoms with E-state index in [4.69, 9.17) is 0 Å². The van der Waals surface area contributed by atoms with Gasteiger partial charge in [-0.3, -0.25) is 9.59 Å². The van der Waals surface area contributed by atoms with E-state index in [9.17, 15) is 9.59 Å². The second-order valence-corrected chi connectivity index (χ2v) is 7.11. The molecule has 2 aromatic rings. The second-order valence-electron chi connectivity index (χ2n) is 6.17. The number of Topliss-reactive ketones (excluding diaryl/α,β-unsaturated/α-hetero) is 1. The molecule has 0 unspecified atom stereocenters. The lowest BCUT2D eigenvalue weighted by Crippen LogP contribution is -2.06. The van der Waals surface area contributed by atoms with Crippen LogP contribution in [-0.2, 0) is 24.2 Å². The third-order valence-electron chi connectivity index (χ3n) is 4.46. The number of nitrogens with zero attached hydrogens (tertiary/aromatic N) is 3. The van der Waals surface area contributed by atoms with Crippen LogP contribution in [0.4, 0.5) is 5.69 Å². The highest BCUT2D eigenvalue weighted by atomic mass is 32.2. The van der Waals surface area contributed by atoms with Crippen molar-refractivity contribution in [1.82, 2.24) is 14.8 Å². The summed E-state index contributed by atoms with van der Waals surface area (Å²) in [6.07, 6.45) is 4.82. The Morgan fingerprint density at radius 2 is 2.17 bits per heavy atom. The van der Waals surface area contributed by atoms with Gasteiger partial charge in [-0.25, -0.2) is 0 Å². The first-order valence-electron chi connectivity index (χ1n) is 8.21. The molecule has 0 spiro atoms. The van der Waals surface area contributed by atoms with Crippen molar-refractivity contribution in [2.24, 2.45) is 0 Å². The van der Waals surface area contributed by atoms with Crippen LogP contribution in [0.15, 0.2) is 23.4 Å². The largest absolute Gasteiger partial charge is 0.326 e. The average Bonchev–Trinajstić information content (AvgIpc) is 3.05. The topological polar surface area (TPSA) is 76.9 Å². The molecule has 1 amide bonds. The molecule has 1 aromatic heterocycles. The van der Waals surface area contributed by atoms with Gasteiger partial charge < -0.3 is 9.88 Å². The molecule has 0 saturated heterocycles. The Bertz CT molecular complexity index is 815. The number of fused-ring (bicyclic) bond motifs is 2. The summed E-state index contributed by atoms with van der Waals surface area (Å²) in [5.41, 5.74) is 2.35. The number of anilines is 1. The summed E-state index contributed by atoms with van der Waals surface area (Å²) >= 11 is 1.44. The number of rotatable bonds is 4. The molecule has 4 rings (SSSR count). The standard InChI is InChI=1S/C17H18N4O2S/c22-14(11-5-6-13-12(8-11)9-16(23)18-13)10-24-17-20-19-15-4-2-1-3-7-21(15)17/h5-6,8H,1-4,7,9-10H2,(H,18,23). The van der Waals surface area contributed by atoms with E-state index in [1.807, 2.05) is 6.07 Å². The molecule has 0 fully saturated rings. The number of hydrogen-bond acceptors (Lipinski definition) is 5. The number of carbonyl (C=O) groups excluding carboxylic acids is 2. The van der Waals surface area contributed by atoms with Crippen molar-refractivity contribution < 1.29 is 9.59 Å². The van der Waals surface area contributed by atoms with E-state index in [2.05, 4.69) is 20.1 Å². The normalized spacial score (nSPS) is 16.2. The molecule has 0 bridgehead atoms. The lowest BCUT2D eigenvalue weighted by molar-refractivity contribution is -0.115. The van der Waals surface area contributed by atoms with Gasteiger partial charge in [-0.15, -0.1) is 10.2 Å². The van der Waals surface area contributed by atoms with Crippen LogP contribution in [-0.4, -0.2) is 32.2 Å². The van der Waals surface area contributed by atoms with Crippen LogP contribution < -0.4 is 5.32 Å². The van der Waals surface area contributed by atoms with Crippen molar-refractivity contribution in [3.05, 3.63) is 35.2 Å². The molecule has 2 aliphatic rings. The minimum atomic E-state index is -0.0184. The van der Waals surface area contributed by atoms with E-state index < -0.39 is 0 Å². The first kappa shape index (κ1) is 15.4. The molecular weight excluding hydrogens is 324 g/mol. The Balaban J connectivity index is 1.45. The number of benzene rings is 1. The maximum atomic E-state index is 12.5. The maximum Gasteiger partial charge on any atom is 0.228 e. The first-order valence-corrected chi connectivity index (χ1v) is 9.20. The van der Waals surface area contributed by atoms with Gasteiger partial charge in [0, 0.05) is 24.2 Å². The molecular formula is C17H18N4O2S. The van der Waals surface area contributed by atoms with Gasteiger partial charge in [0.05, 0.1) is 12.2 Å². The van der Waals surface area contributed by atoms with Crippen molar-refractivity contribution in [2.45, 2.75) is 43.8 Å². The summed E-state index contributed by atoms with van der Waals surface area (Å²) in [6, 6.07) is 5.40. The van der Waals surface area contributed by atoms with Crippen molar-refractivity contribution in [3.63, 3.8) is 0 Å². The van der Waals surface area contributed by atoms with Crippen molar-refractivity contribution in [3.8, 4) is 0 Å². The lowest BCUT2D eigenvalue weighted by atomic mass is 10.1. The third kappa shape index (κ3) is 2.96. The van der Waals surface area contributed by atoms with E-state index in [0.29, 0.717) is 17.7 Å². The quantitative estimate of drug-likeness (QED) is 0.682. The van der Waals surface area contributed by atoms with Gasteiger partial charge >= 0.3 is 0 Å². The minimum Gasteiger partial charge on any atom is -0.326 e. The fraction of sp³-hybridized carbons (Fsp3) is 0.412. The Morgan fingerprint density at radius 3 is 3.08 bits per heavy atom. The van der Waals surface area contributed by atoms with E-state index in [0.717, 1.165) is 48.0 Å². The summed E-state index contributed by atoms with van der Waals surface area (Å²) in [5.74, 6) is 1.39. The summed E-state index contributed by atoms with van der Waals surface area (Å²) in [6.45, 7) is 0.936. The van der Waals surface area contributed by atoms with Gasteiger partial charge in [0.2, 0.25) is 5.91 Å². The Kier molecular flexibility index (Phi) is 4.10. The lowest BCUT2D eigenvalue weighted by Gasteiger charge is -2.06. The smallest absolute Gasteiger partial charge is 0.228 e. The Labute approximate surface area is 144 Å². The SMILES string of the molecule is O=C1Cc2cc(C(=O)CSc3nnc4n3CCCCC4)ccc2N1. The van der Waals surface area contributed by atoms with Gasteiger partial charge in [0.25, 0.3) is 0 Å². The van der Waals surface area contributed by atoms with Gasteiger partial charge in [0.15, 0.2) is 10.9 Å². The van der Waals surface area contributed by atoms with Crippen LogP contribution in [0.3, 0.4) is 0 Å². The van der Waals surface area contributed by atoms with E-state index in [1.165, 1.54) is 18.2 Å². The Hall–Kier alpha value is -2.15. The molecule has 124 valence electrons. The van der Waals surface area contributed by atoms with Gasteiger partial charge in [-0.2, -0.15) is 0 Å². The molecule has 24 heavy (non-hydrogen) atoms. The van der Waals surface area contributed by atoms with Crippen LogP contribution in [0, 0.1) is 0 Å². The average molecular weight is 342 g/mol. The number of hydrogen-bond donors (Lipinski definition) is 1. The molecule has 0 atom stereocenters. The fourth-order valence-corrected chi connectivity index (χ4v) is 4.06. The Morgan fingerprint density at radius 1 is 1.25 bits per heavy atom. The summed E-state index contributed by atoms with van der Waals surface area (Å²) in [7, 11) is 0. The third-order valence-corrected chi connectivity index (χ3v) is 5.43. The number of nitrogens with one attached hydrogen (secondary N) is 1. The number of ketones is 1. The first-order chi connectivity index (χ1) is 11.7. The predicted octanol–water partition coefficient (Wildman–Crippen LogP) is 2.47. The highest BCUT2D eigenvalue weighted by Gasteiger charge is 2.20. The van der Waals surface area contributed by atoms with E-state index in [-0.39, 0.29) is 11.7 Å². The zero-order valence-corrected chi connectivity index (χ0v) is 14.1. The number of aromatic nitrogens is 3. The molecule has 7 heteroatoms. The molecule has 0 saturated carbocycles. The van der Waals surface area contributed by atoms with Crippen molar-refractivity contribution in [1.29, 1.82) is 0 Å². The minimum absolute atomic E-state index is 0.0184. The number of carbonyl (C=O) groups is 2. The highest BCUT2D eigenvalue weighted by molar-refractivity contribution is 7.99. The number of thioether (sulfide) groups is 1. The molecule has 1 N–H and O–H groups in total. The molecule has 0 aliphatic carbocycles. The van der Waals surface area contributed by atoms with Crippen LogP contribution in [0.5, 0.6) is 0 Å². The van der Waals surface area contributed by atoms with Crippen molar-refractivity contribution >= 4 is 29.1 Å². The van der Waals surface area contributed by atoms with Crippen LogP contribution in [0.1, 0.15) is 41.0 Å². The highest BCUT2D eigenvalue weighted by Crippen LogP contribution is 2.26. The van der Waals surface area contributed by atoms with Crippen LogP contribution in [0.2, 0.25) is 0 Å². The molecule has 3 heterocycles. The van der Waals surface area contributed by atoms with Gasteiger partial charge in [0.1, 0.15) is 5.82 Å². The van der Waals surface area contributed by atoms with Gasteiger partial charge in [-0.1, -0.05) is 18.2 Å². The van der Waals surface area contributed by atoms with Gasteiger partial charge in [-0.05, 0) is 36.6 Å². The summed E-state index contributed by atoms with van der Waals surface area (Å²) < 4.78 is 2.15. The van der Waals surface area contributed by atoms with E-state index in [1.54, 1.807) is 12.1 Å². The number of amides is 1.